The fraction of sp³-hybridized carbons (Fsp3) is 0.481. The molecule has 0 atom stereocenters. The van der Waals surface area contributed by atoms with Crippen molar-refractivity contribution in [3.8, 4) is 5.75 Å². The van der Waals surface area contributed by atoms with E-state index < -0.39 is 5.97 Å². The number of methoxy groups -OCH3 is 2. The van der Waals surface area contributed by atoms with Gasteiger partial charge < -0.3 is 24.1 Å². The number of benzene rings is 1. The maximum atomic E-state index is 12.7. The van der Waals surface area contributed by atoms with Crippen molar-refractivity contribution in [2.45, 2.75) is 45.6 Å². The van der Waals surface area contributed by atoms with Gasteiger partial charge in [0.15, 0.2) is 4.80 Å². The van der Waals surface area contributed by atoms with E-state index in [-0.39, 0.29) is 23.3 Å². The molecule has 0 fully saturated rings. The summed E-state index contributed by atoms with van der Waals surface area (Å²) in [5.41, 5.74) is 2.43. The van der Waals surface area contributed by atoms with Gasteiger partial charge in [-0.15, -0.1) is 23.1 Å². The minimum absolute atomic E-state index is 0.0568. The molecule has 0 saturated carbocycles. The van der Waals surface area contributed by atoms with E-state index in [0.29, 0.717) is 35.1 Å². The monoisotopic (exact) mass is 591 g/mol. The first-order valence-electron chi connectivity index (χ1n) is 12.9. The summed E-state index contributed by atoms with van der Waals surface area (Å²) in [6, 6.07) is 5.75. The highest BCUT2D eigenvalue weighted by molar-refractivity contribution is 8.00. The van der Waals surface area contributed by atoms with Gasteiger partial charge in [-0.1, -0.05) is 17.8 Å². The Labute approximate surface area is 239 Å². The number of ether oxygens (including phenoxy) is 3. The molecule has 1 aromatic carbocycles. The summed E-state index contributed by atoms with van der Waals surface area (Å²) < 4.78 is 18.8. The van der Waals surface area contributed by atoms with Gasteiger partial charge >= 0.3 is 5.97 Å². The molecule has 12 heteroatoms. The molecule has 9 nitrogen and oxygen atoms in total. The second-order valence-corrected chi connectivity index (χ2v) is 12.0. The van der Waals surface area contributed by atoms with Gasteiger partial charge in [-0.3, -0.25) is 9.59 Å². The molecule has 0 bridgehead atoms. The predicted octanol–water partition coefficient (Wildman–Crippen LogP) is 4.66. The number of anilines is 1. The second kappa shape index (κ2) is 14.1. The molecule has 0 saturated heterocycles. The highest BCUT2D eigenvalue weighted by Crippen LogP contribution is 2.38. The third kappa shape index (κ3) is 7.30. The van der Waals surface area contributed by atoms with Gasteiger partial charge in [-0.25, -0.2) is 4.79 Å². The largest absolute Gasteiger partial charge is 0.497 e. The third-order valence-corrected chi connectivity index (χ3v) is 9.46. The Morgan fingerprint density at radius 1 is 1.10 bits per heavy atom. The second-order valence-electron chi connectivity index (χ2n) is 8.87. The molecule has 4 rings (SSSR count). The van der Waals surface area contributed by atoms with Crippen LogP contribution in [-0.4, -0.2) is 61.3 Å². The summed E-state index contributed by atoms with van der Waals surface area (Å²) in [7, 11) is 2.97. The van der Waals surface area contributed by atoms with E-state index in [4.69, 9.17) is 14.2 Å². The molecule has 0 radical (unpaired) electrons. The maximum absolute atomic E-state index is 12.7. The zero-order chi connectivity index (χ0) is 27.8. The number of nitrogens with zero attached hydrogens (tertiary/aromatic N) is 2. The number of carbonyl (C=O) groups excluding carboxylic acids is 3. The maximum Gasteiger partial charge on any atom is 0.341 e. The zero-order valence-corrected chi connectivity index (χ0v) is 24.8. The molecule has 2 amide bonds. The Kier molecular flexibility index (Phi) is 10.6. The number of amides is 2. The Hall–Kier alpha value is -2.67. The Bertz CT molecular complexity index is 1410. The van der Waals surface area contributed by atoms with E-state index in [0.717, 1.165) is 58.5 Å². The molecule has 1 aliphatic rings. The van der Waals surface area contributed by atoms with Crippen LogP contribution < -0.4 is 14.9 Å². The molecule has 2 heterocycles. The first kappa shape index (κ1) is 29.3. The first-order valence-corrected chi connectivity index (χ1v) is 15.7. The zero-order valence-electron chi connectivity index (χ0n) is 22.4. The average molecular weight is 592 g/mol. The number of esters is 1. The van der Waals surface area contributed by atoms with Crippen molar-refractivity contribution in [1.82, 2.24) is 4.57 Å². The van der Waals surface area contributed by atoms with Crippen molar-refractivity contribution in [3.05, 3.63) is 39.0 Å². The minimum atomic E-state index is -0.426. The van der Waals surface area contributed by atoms with Crippen LogP contribution in [0.25, 0.3) is 10.2 Å². The van der Waals surface area contributed by atoms with Crippen LogP contribution in [0.15, 0.2) is 23.2 Å². The molecule has 0 aliphatic heterocycles. The first-order chi connectivity index (χ1) is 18.9. The van der Waals surface area contributed by atoms with Crippen LogP contribution >= 0.6 is 34.4 Å². The number of thioether (sulfide) groups is 1. The van der Waals surface area contributed by atoms with Gasteiger partial charge in [-0.2, -0.15) is 4.99 Å². The lowest BCUT2D eigenvalue weighted by atomic mass is 10.1. The number of hydrogen-bond acceptors (Lipinski definition) is 9. The van der Waals surface area contributed by atoms with Gasteiger partial charge in [-0.05, 0) is 56.4 Å². The van der Waals surface area contributed by atoms with Crippen molar-refractivity contribution >= 4 is 67.4 Å². The number of aryl methyl sites for hydroxylation is 1. The summed E-state index contributed by atoms with van der Waals surface area (Å²) >= 11 is 4.06. The number of hydrogen-bond donors (Lipinski definition) is 1. The van der Waals surface area contributed by atoms with E-state index in [1.807, 2.05) is 29.7 Å². The SMILES string of the molecule is CCOCCn1c(=NC(=O)CSCC(=O)Nc2sc3c(c2C(=O)OC)CCCCC3)sc2cc(OC)ccc21. The summed E-state index contributed by atoms with van der Waals surface area (Å²) in [5.74, 6) is -0.160. The smallest absolute Gasteiger partial charge is 0.341 e. The van der Waals surface area contributed by atoms with Crippen LogP contribution in [0.1, 0.15) is 47.0 Å². The molecule has 39 heavy (non-hydrogen) atoms. The number of carbonyl (C=O) groups is 3. The topological polar surface area (TPSA) is 108 Å². The molecule has 1 aliphatic carbocycles. The van der Waals surface area contributed by atoms with Gasteiger partial charge in [0, 0.05) is 18.0 Å². The lowest BCUT2D eigenvalue weighted by Crippen LogP contribution is -2.20. The van der Waals surface area contributed by atoms with Crippen LogP contribution in [0.5, 0.6) is 5.75 Å². The van der Waals surface area contributed by atoms with E-state index in [1.54, 1.807) is 7.11 Å². The molecule has 1 N–H and O–H groups in total. The van der Waals surface area contributed by atoms with E-state index >= 15 is 0 Å². The molecular weight excluding hydrogens is 559 g/mol. The lowest BCUT2D eigenvalue weighted by molar-refractivity contribution is -0.115. The fourth-order valence-corrected chi connectivity index (χ4v) is 7.46. The normalized spacial score (nSPS) is 13.7. The number of thiazole rings is 1. The summed E-state index contributed by atoms with van der Waals surface area (Å²) in [5, 5.41) is 3.42. The van der Waals surface area contributed by atoms with Crippen LogP contribution in [0, 0.1) is 0 Å². The summed E-state index contributed by atoms with van der Waals surface area (Å²) in [6.07, 6.45) is 4.93. The van der Waals surface area contributed by atoms with Gasteiger partial charge in [0.1, 0.15) is 10.8 Å². The predicted molar refractivity (Wildman–Crippen MR) is 156 cm³/mol. The van der Waals surface area contributed by atoms with Crippen molar-refractivity contribution in [3.63, 3.8) is 0 Å². The highest BCUT2D eigenvalue weighted by atomic mass is 32.2. The standard InChI is InChI=1S/C27H33N3O6S3/c1-4-36-13-12-30-19-11-10-17(34-2)14-21(19)39-27(30)29-23(32)16-37-15-22(31)28-25-24(26(33)35-3)18-8-6-5-7-9-20(18)38-25/h10-11,14H,4-9,12-13,15-16H2,1-3H3,(H,28,31). The van der Waals surface area contributed by atoms with Crippen LogP contribution in [0.3, 0.4) is 0 Å². The molecule has 0 unspecified atom stereocenters. The van der Waals surface area contributed by atoms with E-state index in [2.05, 4.69) is 10.3 Å². The molecule has 2 aromatic heterocycles. The number of thiophene rings is 1. The van der Waals surface area contributed by atoms with Crippen molar-refractivity contribution in [2.24, 2.45) is 4.99 Å². The summed E-state index contributed by atoms with van der Waals surface area (Å²) in [4.78, 5) is 44.0. The van der Waals surface area contributed by atoms with Gasteiger partial charge in [0.05, 0.1) is 48.1 Å². The quantitative estimate of drug-likeness (QED) is 0.196. The van der Waals surface area contributed by atoms with Crippen molar-refractivity contribution < 1.29 is 28.6 Å². The fourth-order valence-electron chi connectivity index (χ4n) is 4.46. The van der Waals surface area contributed by atoms with Gasteiger partial charge in [0.25, 0.3) is 5.91 Å². The van der Waals surface area contributed by atoms with E-state index in [9.17, 15) is 14.4 Å². The lowest BCUT2D eigenvalue weighted by Gasteiger charge is -2.07. The molecule has 3 aromatic rings. The van der Waals surface area contributed by atoms with Crippen LogP contribution in [-0.2, 0) is 38.4 Å². The molecular formula is C27H33N3O6S3. The molecule has 0 spiro atoms. The Morgan fingerprint density at radius 3 is 2.69 bits per heavy atom. The van der Waals surface area contributed by atoms with Gasteiger partial charge in [0.2, 0.25) is 5.91 Å². The average Bonchev–Trinajstić information content (AvgIpc) is 3.34. The number of rotatable bonds is 11. The number of aromatic nitrogens is 1. The minimum Gasteiger partial charge on any atom is -0.497 e. The van der Waals surface area contributed by atoms with E-state index in [1.165, 1.54) is 41.5 Å². The van der Waals surface area contributed by atoms with Crippen molar-refractivity contribution in [1.29, 1.82) is 0 Å². The highest BCUT2D eigenvalue weighted by Gasteiger charge is 2.26. The van der Waals surface area contributed by atoms with Crippen LogP contribution in [0.4, 0.5) is 5.00 Å². The Morgan fingerprint density at radius 2 is 1.92 bits per heavy atom. The van der Waals surface area contributed by atoms with Crippen LogP contribution in [0.2, 0.25) is 0 Å². The number of fused-ring (bicyclic) bond motifs is 2. The van der Waals surface area contributed by atoms with Crippen molar-refractivity contribution in [2.75, 3.05) is 44.3 Å². The number of nitrogens with one attached hydrogen (secondary N) is 1. The third-order valence-electron chi connectivity index (χ3n) is 6.30. The molecule has 210 valence electrons. The summed E-state index contributed by atoms with van der Waals surface area (Å²) in [6.45, 7) is 3.61. The Balaban J connectivity index is 1.42.